The Bertz CT molecular complexity index is 201. The van der Waals surface area contributed by atoms with Gasteiger partial charge in [0.1, 0.15) is 0 Å². The summed E-state index contributed by atoms with van der Waals surface area (Å²) in [7, 11) is 0.455. The third kappa shape index (κ3) is 2.07. The fourth-order valence-corrected chi connectivity index (χ4v) is 2.38. The van der Waals surface area contributed by atoms with Gasteiger partial charge >= 0.3 is 7.75 Å². The van der Waals surface area contributed by atoms with E-state index in [-0.39, 0.29) is 5.41 Å². The molecule has 1 saturated heterocycles. The maximum atomic E-state index is 11.7. The van der Waals surface area contributed by atoms with E-state index < -0.39 is 7.75 Å². The zero-order valence-corrected chi connectivity index (χ0v) is 8.93. The molecule has 0 radical (unpaired) electrons. The van der Waals surface area contributed by atoms with E-state index in [2.05, 4.69) is 0 Å². The van der Waals surface area contributed by atoms with Gasteiger partial charge in [0.15, 0.2) is 0 Å². The van der Waals surface area contributed by atoms with Crippen LogP contribution < -0.4 is 0 Å². The molecule has 0 amide bonds. The molecule has 1 aliphatic heterocycles. The summed E-state index contributed by atoms with van der Waals surface area (Å²) >= 11 is 0. The predicted octanol–water partition coefficient (Wildman–Crippen LogP) is 1.73. The Balaban J connectivity index is 2.62. The van der Waals surface area contributed by atoms with Gasteiger partial charge in [0.25, 0.3) is 0 Å². The first-order valence-corrected chi connectivity index (χ1v) is 5.42. The molecule has 72 valence electrons. The van der Waals surface area contributed by atoms with Crippen LogP contribution in [0.1, 0.15) is 13.8 Å². The third-order valence-corrected chi connectivity index (χ3v) is 3.62. The molecular weight excluding hydrogens is 177 g/mol. The van der Waals surface area contributed by atoms with E-state index in [1.165, 1.54) is 4.67 Å². The molecule has 1 heterocycles. The van der Waals surface area contributed by atoms with Crippen LogP contribution in [0.15, 0.2) is 0 Å². The van der Waals surface area contributed by atoms with Crippen LogP contribution in [0.4, 0.5) is 0 Å². The molecule has 12 heavy (non-hydrogen) atoms. The summed E-state index contributed by atoms with van der Waals surface area (Å²) in [5, 5.41) is 0. The van der Waals surface area contributed by atoms with Crippen LogP contribution in [0.3, 0.4) is 0 Å². The van der Waals surface area contributed by atoms with E-state index in [0.717, 1.165) is 0 Å². The van der Waals surface area contributed by atoms with Crippen LogP contribution in [0, 0.1) is 5.41 Å². The van der Waals surface area contributed by atoms with Crippen molar-refractivity contribution in [3.63, 3.8) is 0 Å². The normalized spacial score (nSPS) is 27.4. The fourth-order valence-electron chi connectivity index (χ4n) is 0.823. The van der Waals surface area contributed by atoms with Crippen molar-refractivity contribution in [2.24, 2.45) is 5.41 Å². The summed E-state index contributed by atoms with van der Waals surface area (Å²) < 4.78 is 23.6. The molecule has 0 aromatic rings. The first-order valence-electron chi connectivity index (χ1n) is 3.93. The average Bonchev–Trinajstić information content (AvgIpc) is 1.96. The van der Waals surface area contributed by atoms with E-state index in [1.54, 1.807) is 14.1 Å². The summed E-state index contributed by atoms with van der Waals surface area (Å²) in [4.78, 5) is 0. The molecule has 0 saturated carbocycles. The van der Waals surface area contributed by atoms with E-state index in [9.17, 15) is 4.57 Å². The molecule has 0 unspecified atom stereocenters. The van der Waals surface area contributed by atoms with Gasteiger partial charge in [-0.2, -0.15) is 0 Å². The SMILES string of the molecule is CN(C)P1(=O)OCC(C)(C)CO1. The average molecular weight is 193 g/mol. The van der Waals surface area contributed by atoms with Gasteiger partial charge in [-0.3, -0.25) is 9.05 Å². The lowest BCUT2D eigenvalue weighted by Crippen LogP contribution is -2.32. The molecule has 0 bridgehead atoms. The summed E-state index contributed by atoms with van der Waals surface area (Å²) in [5.74, 6) is 0. The highest BCUT2D eigenvalue weighted by Crippen LogP contribution is 2.54. The third-order valence-electron chi connectivity index (χ3n) is 1.73. The van der Waals surface area contributed by atoms with Crippen molar-refractivity contribution in [3.05, 3.63) is 0 Å². The smallest absolute Gasteiger partial charge is 0.296 e. The second-order valence-electron chi connectivity index (χ2n) is 4.03. The van der Waals surface area contributed by atoms with Crippen LogP contribution in [0.2, 0.25) is 0 Å². The van der Waals surface area contributed by atoms with Crippen LogP contribution >= 0.6 is 7.75 Å². The summed E-state index contributed by atoms with van der Waals surface area (Å²) in [6.45, 7) is 5.02. The van der Waals surface area contributed by atoms with Crippen molar-refractivity contribution in [1.82, 2.24) is 4.67 Å². The van der Waals surface area contributed by atoms with E-state index in [1.807, 2.05) is 13.8 Å². The Labute approximate surface area is 73.4 Å². The molecule has 0 aromatic heterocycles. The van der Waals surface area contributed by atoms with Crippen molar-refractivity contribution in [2.45, 2.75) is 13.8 Å². The molecule has 1 fully saturated rings. The maximum Gasteiger partial charge on any atom is 0.407 e. The molecule has 1 rings (SSSR count). The number of hydrogen-bond donors (Lipinski definition) is 0. The highest BCUT2D eigenvalue weighted by Gasteiger charge is 2.38. The van der Waals surface area contributed by atoms with Gasteiger partial charge < -0.3 is 0 Å². The molecule has 0 N–H and O–H groups in total. The van der Waals surface area contributed by atoms with E-state index in [4.69, 9.17) is 9.05 Å². The molecule has 5 heteroatoms. The minimum atomic E-state index is -2.93. The van der Waals surface area contributed by atoms with Gasteiger partial charge in [0.2, 0.25) is 0 Å². The highest BCUT2D eigenvalue weighted by atomic mass is 31.2. The maximum absolute atomic E-state index is 11.7. The Morgan fingerprint density at radius 3 is 2.00 bits per heavy atom. The molecule has 0 aliphatic carbocycles. The van der Waals surface area contributed by atoms with Gasteiger partial charge in [-0.1, -0.05) is 13.8 Å². The zero-order valence-electron chi connectivity index (χ0n) is 8.03. The lowest BCUT2D eigenvalue weighted by Gasteiger charge is -2.35. The minimum Gasteiger partial charge on any atom is -0.296 e. The Morgan fingerprint density at radius 1 is 1.25 bits per heavy atom. The van der Waals surface area contributed by atoms with Gasteiger partial charge in [-0.15, -0.1) is 0 Å². The van der Waals surface area contributed by atoms with Crippen molar-refractivity contribution in [3.8, 4) is 0 Å². The second-order valence-corrected chi connectivity index (χ2v) is 6.28. The molecule has 0 spiro atoms. The highest BCUT2D eigenvalue weighted by molar-refractivity contribution is 7.51. The monoisotopic (exact) mass is 193 g/mol. The van der Waals surface area contributed by atoms with Crippen molar-refractivity contribution in [1.29, 1.82) is 0 Å². The summed E-state index contributed by atoms with van der Waals surface area (Å²) in [5.41, 5.74) is -0.0239. The van der Waals surface area contributed by atoms with Gasteiger partial charge in [-0.05, 0) is 14.1 Å². The molecule has 4 nitrogen and oxygen atoms in total. The standard InChI is InChI=1S/C7H16NO3P/c1-7(2)5-10-12(9,8(3)4)11-6-7/h5-6H2,1-4H3. The first-order chi connectivity index (χ1) is 5.36. The van der Waals surface area contributed by atoms with Gasteiger partial charge in [0, 0.05) is 5.41 Å². The van der Waals surface area contributed by atoms with Gasteiger partial charge in [0.05, 0.1) is 13.2 Å². The Morgan fingerprint density at radius 2 is 1.67 bits per heavy atom. The van der Waals surface area contributed by atoms with Crippen molar-refractivity contribution < 1.29 is 13.6 Å². The van der Waals surface area contributed by atoms with Crippen LogP contribution in [0.25, 0.3) is 0 Å². The Hall–Kier alpha value is 0.110. The quantitative estimate of drug-likeness (QED) is 0.594. The van der Waals surface area contributed by atoms with Crippen molar-refractivity contribution >= 4 is 7.75 Å². The number of nitrogens with zero attached hydrogens (tertiary/aromatic N) is 1. The van der Waals surface area contributed by atoms with Gasteiger partial charge in [-0.25, -0.2) is 9.24 Å². The summed E-state index contributed by atoms with van der Waals surface area (Å²) in [6, 6.07) is 0. The summed E-state index contributed by atoms with van der Waals surface area (Å²) in [6.07, 6.45) is 0. The topological polar surface area (TPSA) is 38.8 Å². The molecular formula is C7H16NO3P. The van der Waals surface area contributed by atoms with Crippen LogP contribution in [0.5, 0.6) is 0 Å². The lowest BCUT2D eigenvalue weighted by atomic mass is 9.97. The minimum absolute atomic E-state index is 0.0239. The van der Waals surface area contributed by atoms with E-state index in [0.29, 0.717) is 13.2 Å². The van der Waals surface area contributed by atoms with E-state index >= 15 is 0 Å². The lowest BCUT2D eigenvalue weighted by molar-refractivity contribution is 0.0262. The first kappa shape index (κ1) is 10.2. The number of rotatable bonds is 1. The Kier molecular flexibility index (Phi) is 2.64. The van der Waals surface area contributed by atoms with Crippen molar-refractivity contribution in [2.75, 3.05) is 27.3 Å². The largest absolute Gasteiger partial charge is 0.407 e. The predicted molar refractivity (Wildman–Crippen MR) is 47.0 cm³/mol. The fraction of sp³-hybridized carbons (Fsp3) is 1.00. The number of hydrogen-bond acceptors (Lipinski definition) is 3. The second kappa shape index (κ2) is 3.11. The molecule has 1 aliphatic rings. The molecule has 0 atom stereocenters. The van der Waals surface area contributed by atoms with Crippen LogP contribution in [-0.2, 0) is 13.6 Å². The van der Waals surface area contributed by atoms with Crippen LogP contribution in [-0.4, -0.2) is 32.0 Å². The molecule has 0 aromatic carbocycles. The zero-order chi connectivity index (χ0) is 9.41.